The minimum absolute atomic E-state index is 0.155. The maximum absolute atomic E-state index is 14.3. The molecular formula is C40H67BN4O12. The molecule has 0 amide bonds. The molecule has 0 saturated carbocycles. The molecule has 0 bridgehead atoms. The normalized spacial score (nSPS) is 46.5. The van der Waals surface area contributed by atoms with Gasteiger partial charge >= 0.3 is 5.97 Å². The maximum Gasteiger partial charge on any atom is 0.311 e. The number of carbonyl (C=O) groups is 2. The molecule has 57 heavy (non-hydrogen) atoms. The summed E-state index contributed by atoms with van der Waals surface area (Å²) < 4.78 is 46.7. The Kier molecular flexibility index (Phi) is 14.4. The number of aromatic nitrogens is 3. The lowest BCUT2D eigenvalue weighted by Crippen LogP contribution is -2.68. The number of aliphatic hydroxyl groups excluding tert-OH is 2. The monoisotopic (exact) mass is 806 g/mol. The molecule has 5 heterocycles. The van der Waals surface area contributed by atoms with Gasteiger partial charge in [-0.15, -0.1) is 5.10 Å². The van der Waals surface area contributed by atoms with Gasteiger partial charge in [-0.25, -0.2) is 0 Å². The number of hydrogen-bond donors (Lipinski definition) is 3. The highest BCUT2D eigenvalue weighted by Crippen LogP contribution is 2.46. The van der Waals surface area contributed by atoms with Crippen LogP contribution in [-0.4, -0.2) is 160 Å². The third-order valence-electron chi connectivity index (χ3n) is 13.4. The molecule has 16 nitrogen and oxygen atoms in total. The van der Waals surface area contributed by atoms with Gasteiger partial charge in [0, 0.05) is 56.5 Å². The van der Waals surface area contributed by atoms with Crippen molar-refractivity contribution < 1.29 is 58.1 Å². The van der Waals surface area contributed by atoms with E-state index in [1.807, 2.05) is 27.8 Å². The predicted molar refractivity (Wildman–Crippen MR) is 207 cm³/mol. The number of Topliss-reactive ketones (excluding diaryl/α,β-unsaturated/α-hetero) is 1. The zero-order valence-corrected chi connectivity index (χ0v) is 35.9. The molecule has 4 aliphatic heterocycles. The Balaban J connectivity index is 1.56. The smallest absolute Gasteiger partial charge is 0.311 e. The fraction of sp³-hybridized carbons (Fsp3) is 0.900. The topological polar surface area (TPSA) is 193 Å². The predicted octanol–water partition coefficient (Wildman–Crippen LogP) is 1.97. The molecule has 5 rings (SSSR count). The number of ketones is 1. The van der Waals surface area contributed by atoms with Crippen LogP contribution in [0.2, 0.25) is 0 Å². The van der Waals surface area contributed by atoms with E-state index >= 15 is 0 Å². The Morgan fingerprint density at radius 1 is 1.02 bits per heavy atom. The molecule has 0 aliphatic carbocycles. The molecular weight excluding hydrogens is 739 g/mol. The molecule has 4 fully saturated rings. The SMILES string of the molecule is [B]n1cc(CCN(C)[C@H]2C[C@@H](C)O[C@H]3O[C@@H]4[C@@H](C)[C@H](O[C@H]5C[C@@](C)(OC)[C@@H](O)[C@H](C)O5)[C@@H](C)C(=O)O[C@H](CC)[C@@](C)(O)[C@H](O)[C@@H](C)C(=O)[C@H](C)C[C@@]4(C)O[C@@H]32)nn1. The number of nitrogens with zero attached hydrogens (tertiary/aromatic N) is 4. The van der Waals surface area contributed by atoms with E-state index < -0.39 is 102 Å². The first-order chi connectivity index (χ1) is 26.6. The number of esters is 1. The number of rotatable bonds is 8. The zero-order chi connectivity index (χ0) is 42.4. The second-order valence-electron chi connectivity index (χ2n) is 18.0. The van der Waals surface area contributed by atoms with Gasteiger partial charge in [-0.2, -0.15) is 0 Å². The van der Waals surface area contributed by atoms with E-state index in [0.29, 0.717) is 19.4 Å². The van der Waals surface area contributed by atoms with Crippen LogP contribution in [0.15, 0.2) is 6.20 Å². The van der Waals surface area contributed by atoms with Gasteiger partial charge in [-0.1, -0.05) is 32.9 Å². The fourth-order valence-electron chi connectivity index (χ4n) is 9.73. The van der Waals surface area contributed by atoms with Crippen molar-refractivity contribution in [2.24, 2.45) is 23.7 Å². The summed E-state index contributed by atoms with van der Waals surface area (Å²) in [5.74, 6) is -4.18. The molecule has 18 atom stereocenters. The van der Waals surface area contributed by atoms with Crippen molar-refractivity contribution in [2.45, 2.75) is 186 Å². The standard InChI is InChI=1S/C40H67BN4O12/c1-13-28-40(10,50)33(47)22(4)30(46)20(2)17-39(9)35(23(5)31(24(6)36(49)54-28)55-29-18-38(8,51-12)34(48)25(7)53-29)56-37-32(57-39)27(16-21(3)52-37)44(11)15-14-26-19-45(41)43-42-26/h19-25,27-29,31-35,37,47-48,50H,13-18H2,1-12H3/t20-,21-,22+,23+,24-,25+,27+,28-,29+,31+,32-,33-,34+,35-,37+,38-,39-,40-/m1/s1. The Labute approximate surface area is 339 Å². The molecule has 0 aromatic carbocycles. The van der Waals surface area contributed by atoms with Crippen molar-refractivity contribution >= 4 is 19.7 Å². The number of aliphatic hydroxyl groups is 3. The third kappa shape index (κ3) is 9.48. The highest BCUT2D eigenvalue weighted by atomic mass is 16.7. The lowest BCUT2D eigenvalue weighted by atomic mass is 9.73. The summed E-state index contributed by atoms with van der Waals surface area (Å²) >= 11 is 0. The van der Waals surface area contributed by atoms with Gasteiger partial charge in [-0.05, 0) is 67.9 Å². The molecule has 3 N–H and O–H groups in total. The van der Waals surface area contributed by atoms with Crippen molar-refractivity contribution in [3.05, 3.63) is 11.9 Å². The third-order valence-corrected chi connectivity index (χ3v) is 13.4. The van der Waals surface area contributed by atoms with E-state index in [1.165, 1.54) is 18.6 Å². The summed E-state index contributed by atoms with van der Waals surface area (Å²) in [4.78, 5) is 30.7. The van der Waals surface area contributed by atoms with Crippen LogP contribution in [-0.2, 0) is 49.2 Å². The molecule has 2 radical (unpaired) electrons. The highest BCUT2D eigenvalue weighted by Gasteiger charge is 2.58. The van der Waals surface area contributed by atoms with Gasteiger partial charge in [0.2, 0.25) is 0 Å². The Bertz CT molecular complexity index is 1540. The van der Waals surface area contributed by atoms with E-state index in [1.54, 1.807) is 47.7 Å². The molecule has 322 valence electrons. The largest absolute Gasteiger partial charge is 0.459 e. The summed E-state index contributed by atoms with van der Waals surface area (Å²) in [5, 5.41) is 42.3. The van der Waals surface area contributed by atoms with E-state index in [0.717, 1.165) is 5.69 Å². The highest BCUT2D eigenvalue weighted by molar-refractivity contribution is 6.05. The quantitative estimate of drug-likeness (QED) is 0.255. The Morgan fingerprint density at radius 2 is 1.70 bits per heavy atom. The van der Waals surface area contributed by atoms with E-state index in [-0.39, 0.29) is 37.2 Å². The summed E-state index contributed by atoms with van der Waals surface area (Å²) in [7, 11) is 9.27. The fourth-order valence-corrected chi connectivity index (χ4v) is 9.73. The lowest BCUT2D eigenvalue weighted by Gasteiger charge is -2.56. The molecule has 0 unspecified atom stereocenters. The number of carbonyl (C=O) groups excluding carboxylic acids is 2. The van der Waals surface area contributed by atoms with Crippen LogP contribution in [0.4, 0.5) is 0 Å². The number of methoxy groups -OCH3 is 1. The number of fused-ring (bicyclic) bond motifs is 2. The van der Waals surface area contributed by atoms with Gasteiger partial charge in [0.25, 0.3) is 7.98 Å². The minimum atomic E-state index is -1.96. The molecule has 1 aromatic rings. The van der Waals surface area contributed by atoms with E-state index in [4.69, 9.17) is 41.1 Å². The van der Waals surface area contributed by atoms with Gasteiger partial charge in [0.15, 0.2) is 12.6 Å². The van der Waals surface area contributed by atoms with Crippen LogP contribution < -0.4 is 0 Å². The van der Waals surface area contributed by atoms with Gasteiger partial charge in [0.05, 0.1) is 53.3 Å². The summed E-state index contributed by atoms with van der Waals surface area (Å²) in [6.45, 7) is 18.2. The Hall–Kier alpha value is -2.06. The number of ether oxygens (including phenoxy) is 7. The summed E-state index contributed by atoms with van der Waals surface area (Å²) in [6.07, 6.45) is -5.07. The van der Waals surface area contributed by atoms with E-state index in [2.05, 4.69) is 15.2 Å². The van der Waals surface area contributed by atoms with Crippen LogP contribution >= 0.6 is 0 Å². The van der Waals surface area contributed by atoms with Crippen molar-refractivity contribution in [1.82, 2.24) is 19.8 Å². The number of cyclic esters (lactones) is 1. The summed E-state index contributed by atoms with van der Waals surface area (Å²) in [6, 6.07) is -0.156. The number of likely N-dealkylation sites (N-methyl/N-ethyl adjacent to an activating group) is 1. The molecule has 1 aromatic heterocycles. The van der Waals surface area contributed by atoms with Crippen LogP contribution in [0.3, 0.4) is 0 Å². The first kappa shape index (κ1) is 46.0. The van der Waals surface area contributed by atoms with Crippen molar-refractivity contribution in [1.29, 1.82) is 0 Å². The molecule has 4 saturated heterocycles. The first-order valence-corrected chi connectivity index (χ1v) is 20.6. The lowest BCUT2D eigenvalue weighted by molar-refractivity contribution is -0.377. The van der Waals surface area contributed by atoms with Gasteiger partial charge < -0.3 is 58.0 Å². The summed E-state index contributed by atoms with van der Waals surface area (Å²) in [5.41, 5.74) is -3.38. The molecule has 4 aliphatic rings. The van der Waals surface area contributed by atoms with Gasteiger partial charge in [0.1, 0.15) is 29.7 Å². The van der Waals surface area contributed by atoms with Crippen molar-refractivity contribution in [2.75, 3.05) is 20.7 Å². The molecule has 0 spiro atoms. The first-order valence-electron chi connectivity index (χ1n) is 20.6. The van der Waals surface area contributed by atoms with Crippen LogP contribution in [0.25, 0.3) is 0 Å². The van der Waals surface area contributed by atoms with Crippen molar-refractivity contribution in [3.8, 4) is 0 Å². The average molecular weight is 807 g/mol. The second kappa shape index (κ2) is 17.9. The zero-order valence-electron chi connectivity index (χ0n) is 35.9. The van der Waals surface area contributed by atoms with Crippen molar-refractivity contribution in [3.63, 3.8) is 0 Å². The maximum atomic E-state index is 14.3. The minimum Gasteiger partial charge on any atom is -0.459 e. The van der Waals surface area contributed by atoms with Crippen LogP contribution in [0.5, 0.6) is 0 Å². The second-order valence-corrected chi connectivity index (χ2v) is 18.0. The van der Waals surface area contributed by atoms with Gasteiger partial charge in [-0.3, -0.25) is 9.59 Å². The van der Waals surface area contributed by atoms with E-state index in [9.17, 15) is 24.9 Å². The number of hydrogen-bond acceptors (Lipinski definition) is 15. The average Bonchev–Trinajstić information content (AvgIpc) is 3.59. The van der Waals surface area contributed by atoms with Crippen LogP contribution in [0, 0.1) is 23.7 Å². The Morgan fingerprint density at radius 3 is 2.32 bits per heavy atom. The molecule has 17 heteroatoms. The van der Waals surface area contributed by atoms with Crippen LogP contribution in [0.1, 0.15) is 101 Å².